The summed E-state index contributed by atoms with van der Waals surface area (Å²) in [4.78, 5) is 11.8. The van der Waals surface area contributed by atoms with Gasteiger partial charge in [0.25, 0.3) is 0 Å². The molecule has 3 rings (SSSR count). The van der Waals surface area contributed by atoms with Crippen molar-refractivity contribution in [1.82, 2.24) is 0 Å². The Hall–Kier alpha value is -2.49. The fourth-order valence-electron chi connectivity index (χ4n) is 2.28. The lowest BCUT2D eigenvalue weighted by Crippen LogP contribution is -2.13. The molecule has 0 atom stereocenters. The maximum absolute atomic E-state index is 11.8. The second-order valence-corrected chi connectivity index (χ2v) is 5.75. The van der Waals surface area contributed by atoms with E-state index in [1.54, 1.807) is 0 Å². The van der Waals surface area contributed by atoms with E-state index in [4.69, 9.17) is 9.47 Å². The van der Waals surface area contributed by atoms with Crippen molar-refractivity contribution in [1.29, 1.82) is 0 Å². The number of anilines is 1. The van der Waals surface area contributed by atoms with Gasteiger partial charge in [0, 0.05) is 17.7 Å². The molecule has 2 aromatic rings. The van der Waals surface area contributed by atoms with Crippen LogP contribution in [0.5, 0.6) is 11.5 Å². The van der Waals surface area contributed by atoms with E-state index in [0.29, 0.717) is 13.2 Å². The van der Waals surface area contributed by atoms with Crippen molar-refractivity contribution in [3.63, 3.8) is 0 Å². The summed E-state index contributed by atoms with van der Waals surface area (Å²) in [6.07, 6.45) is 2.00. The van der Waals surface area contributed by atoms with Crippen molar-refractivity contribution >= 4 is 11.6 Å². The highest BCUT2D eigenvalue weighted by molar-refractivity contribution is 5.94. The van der Waals surface area contributed by atoms with Gasteiger partial charge < -0.3 is 14.8 Å². The number of aryl methyl sites for hydroxylation is 1. The molecular formula is C19H21NO3. The minimum atomic E-state index is 0.102. The predicted molar refractivity (Wildman–Crippen MR) is 90.0 cm³/mol. The number of benzene rings is 2. The maximum atomic E-state index is 11.8. The smallest absolute Gasteiger partial charge is 0.227 e. The van der Waals surface area contributed by atoms with Crippen molar-refractivity contribution in [3.8, 4) is 11.5 Å². The molecule has 0 aliphatic heterocycles. The fraction of sp³-hybridized carbons (Fsp3) is 0.316. The summed E-state index contributed by atoms with van der Waals surface area (Å²) in [5, 5.41) is 2.92. The molecule has 1 aliphatic rings. The van der Waals surface area contributed by atoms with E-state index in [1.807, 2.05) is 55.5 Å². The molecule has 0 spiro atoms. The van der Waals surface area contributed by atoms with Gasteiger partial charge in [0.2, 0.25) is 5.91 Å². The highest BCUT2D eigenvalue weighted by atomic mass is 16.5. The largest absolute Gasteiger partial charge is 0.490 e. The van der Waals surface area contributed by atoms with Gasteiger partial charge in [-0.2, -0.15) is 0 Å². The molecule has 1 aliphatic carbocycles. The topological polar surface area (TPSA) is 47.6 Å². The predicted octanol–water partition coefficient (Wildman–Crippen LogP) is 3.80. The Balaban J connectivity index is 1.46. The van der Waals surface area contributed by atoms with Crippen LogP contribution in [0.2, 0.25) is 0 Å². The molecular weight excluding hydrogens is 290 g/mol. The minimum absolute atomic E-state index is 0.102. The molecule has 0 radical (unpaired) electrons. The second kappa shape index (κ2) is 7.18. The number of carbonyl (C=O) groups is 1. The van der Waals surface area contributed by atoms with Crippen LogP contribution in [-0.4, -0.2) is 19.1 Å². The van der Waals surface area contributed by atoms with Crippen molar-refractivity contribution in [3.05, 3.63) is 54.1 Å². The number of carbonyl (C=O) groups excluding carboxylic acids is 1. The van der Waals surface area contributed by atoms with E-state index in [9.17, 15) is 4.79 Å². The Kier molecular flexibility index (Phi) is 4.81. The highest BCUT2D eigenvalue weighted by Gasteiger charge is 2.29. The first kappa shape index (κ1) is 15.4. The molecule has 1 fully saturated rings. The Labute approximate surface area is 136 Å². The van der Waals surface area contributed by atoms with Crippen molar-refractivity contribution in [2.45, 2.75) is 19.8 Å². The Morgan fingerprint density at radius 2 is 1.87 bits per heavy atom. The monoisotopic (exact) mass is 311 g/mol. The number of hydrogen-bond acceptors (Lipinski definition) is 3. The SMILES string of the molecule is Cc1ccccc1OCCOc1cccc(NC(=O)C2CC2)c1. The summed E-state index contributed by atoms with van der Waals surface area (Å²) in [5.74, 6) is 1.90. The van der Waals surface area contributed by atoms with Crippen LogP contribution in [0.25, 0.3) is 0 Å². The zero-order valence-electron chi connectivity index (χ0n) is 13.2. The van der Waals surface area contributed by atoms with E-state index >= 15 is 0 Å². The summed E-state index contributed by atoms with van der Waals surface area (Å²) in [7, 11) is 0. The van der Waals surface area contributed by atoms with Gasteiger partial charge in [0.05, 0.1) is 0 Å². The van der Waals surface area contributed by atoms with E-state index in [1.165, 1.54) is 0 Å². The number of para-hydroxylation sites is 1. The molecule has 2 aromatic carbocycles. The van der Waals surface area contributed by atoms with Crippen LogP contribution in [-0.2, 0) is 4.79 Å². The molecule has 4 heteroatoms. The second-order valence-electron chi connectivity index (χ2n) is 5.75. The van der Waals surface area contributed by atoms with Gasteiger partial charge in [0.15, 0.2) is 0 Å². The molecule has 0 heterocycles. The fourth-order valence-corrected chi connectivity index (χ4v) is 2.28. The lowest BCUT2D eigenvalue weighted by molar-refractivity contribution is -0.117. The van der Waals surface area contributed by atoms with Crippen LogP contribution in [0.4, 0.5) is 5.69 Å². The van der Waals surface area contributed by atoms with Crippen molar-refractivity contribution in [2.75, 3.05) is 18.5 Å². The van der Waals surface area contributed by atoms with Gasteiger partial charge in [-0.25, -0.2) is 0 Å². The molecule has 0 unspecified atom stereocenters. The van der Waals surface area contributed by atoms with E-state index in [2.05, 4.69) is 5.32 Å². The average molecular weight is 311 g/mol. The summed E-state index contributed by atoms with van der Waals surface area (Å²) < 4.78 is 11.4. The van der Waals surface area contributed by atoms with E-state index in [0.717, 1.165) is 35.6 Å². The molecule has 0 saturated heterocycles. The van der Waals surface area contributed by atoms with Crippen LogP contribution in [0, 0.1) is 12.8 Å². The third-order valence-electron chi connectivity index (χ3n) is 3.75. The van der Waals surface area contributed by atoms with Crippen LogP contribution < -0.4 is 14.8 Å². The van der Waals surface area contributed by atoms with Crippen LogP contribution in [0.1, 0.15) is 18.4 Å². The first-order valence-electron chi connectivity index (χ1n) is 7.94. The summed E-state index contributed by atoms with van der Waals surface area (Å²) in [6, 6.07) is 15.4. The van der Waals surface area contributed by atoms with E-state index in [-0.39, 0.29) is 11.8 Å². The molecule has 1 amide bonds. The zero-order chi connectivity index (χ0) is 16.1. The number of rotatable bonds is 7. The molecule has 1 saturated carbocycles. The first-order chi connectivity index (χ1) is 11.2. The quantitative estimate of drug-likeness (QED) is 0.791. The minimum Gasteiger partial charge on any atom is -0.490 e. The van der Waals surface area contributed by atoms with Crippen molar-refractivity contribution < 1.29 is 14.3 Å². The molecule has 120 valence electrons. The third-order valence-corrected chi connectivity index (χ3v) is 3.75. The summed E-state index contributed by atoms with van der Waals surface area (Å²) in [6.45, 7) is 2.94. The zero-order valence-corrected chi connectivity index (χ0v) is 13.2. The first-order valence-corrected chi connectivity index (χ1v) is 7.94. The van der Waals surface area contributed by atoms with Gasteiger partial charge in [-0.1, -0.05) is 24.3 Å². The molecule has 0 bridgehead atoms. The highest BCUT2D eigenvalue weighted by Crippen LogP contribution is 2.30. The van der Waals surface area contributed by atoms with Crippen LogP contribution in [0.15, 0.2) is 48.5 Å². The van der Waals surface area contributed by atoms with Crippen LogP contribution >= 0.6 is 0 Å². The van der Waals surface area contributed by atoms with Gasteiger partial charge in [-0.05, 0) is 43.5 Å². The average Bonchev–Trinajstić information content (AvgIpc) is 3.38. The van der Waals surface area contributed by atoms with Gasteiger partial charge in [0.1, 0.15) is 24.7 Å². The summed E-state index contributed by atoms with van der Waals surface area (Å²) in [5.41, 5.74) is 1.89. The molecule has 0 aromatic heterocycles. The number of hydrogen-bond donors (Lipinski definition) is 1. The van der Waals surface area contributed by atoms with Gasteiger partial charge in [-0.15, -0.1) is 0 Å². The maximum Gasteiger partial charge on any atom is 0.227 e. The Morgan fingerprint density at radius 1 is 1.09 bits per heavy atom. The third kappa shape index (κ3) is 4.49. The normalized spacial score (nSPS) is 13.4. The molecule has 4 nitrogen and oxygen atoms in total. The standard InChI is InChI=1S/C19H21NO3/c1-14-5-2-3-8-18(14)23-12-11-22-17-7-4-6-16(13-17)20-19(21)15-9-10-15/h2-8,13,15H,9-12H2,1H3,(H,20,21). The molecule has 23 heavy (non-hydrogen) atoms. The Morgan fingerprint density at radius 3 is 2.65 bits per heavy atom. The van der Waals surface area contributed by atoms with Crippen LogP contribution in [0.3, 0.4) is 0 Å². The number of ether oxygens (including phenoxy) is 2. The van der Waals surface area contributed by atoms with Gasteiger partial charge >= 0.3 is 0 Å². The molecule has 1 N–H and O–H groups in total. The lowest BCUT2D eigenvalue weighted by Gasteiger charge is -2.11. The van der Waals surface area contributed by atoms with E-state index < -0.39 is 0 Å². The lowest BCUT2D eigenvalue weighted by atomic mass is 10.2. The number of nitrogens with one attached hydrogen (secondary N) is 1. The van der Waals surface area contributed by atoms with Crippen molar-refractivity contribution in [2.24, 2.45) is 5.92 Å². The summed E-state index contributed by atoms with van der Waals surface area (Å²) >= 11 is 0. The number of amides is 1. The van der Waals surface area contributed by atoms with Gasteiger partial charge in [-0.3, -0.25) is 4.79 Å². The Bertz CT molecular complexity index is 680.